The highest BCUT2D eigenvalue weighted by molar-refractivity contribution is 7.91. The quantitative estimate of drug-likeness (QED) is 0.808. The van der Waals surface area contributed by atoms with Crippen LogP contribution in [0.1, 0.15) is 51.4 Å². The third-order valence-corrected chi connectivity index (χ3v) is 6.58. The Balaban J connectivity index is 1.88. The second-order valence-corrected chi connectivity index (χ2v) is 8.32. The molecule has 0 saturated heterocycles. The molecule has 2 aliphatic rings. The molecule has 4 heteroatoms. The standard InChI is InChI=1S/C14H27NO2S/c1-15-14(13-8-4-5-9-13)11-18(16,17)10-12-6-2-3-7-12/h12-15H,2-11H2,1H3. The van der Waals surface area contributed by atoms with Crippen LogP contribution in [0.4, 0.5) is 0 Å². The van der Waals surface area contributed by atoms with Gasteiger partial charge < -0.3 is 5.32 Å². The Morgan fingerprint density at radius 1 is 1.06 bits per heavy atom. The van der Waals surface area contributed by atoms with E-state index in [1.807, 2.05) is 7.05 Å². The lowest BCUT2D eigenvalue weighted by atomic mass is 10.0. The zero-order valence-corrected chi connectivity index (χ0v) is 12.3. The zero-order valence-electron chi connectivity index (χ0n) is 11.5. The smallest absolute Gasteiger partial charge is 0.152 e. The number of nitrogens with one attached hydrogen (secondary N) is 1. The molecule has 106 valence electrons. The van der Waals surface area contributed by atoms with Gasteiger partial charge in [-0.05, 0) is 44.6 Å². The van der Waals surface area contributed by atoms with E-state index in [2.05, 4.69) is 5.32 Å². The molecule has 0 spiro atoms. The average Bonchev–Trinajstić information content (AvgIpc) is 2.97. The summed E-state index contributed by atoms with van der Waals surface area (Å²) in [5.41, 5.74) is 0. The first kappa shape index (κ1) is 14.3. The van der Waals surface area contributed by atoms with Crippen molar-refractivity contribution in [3.63, 3.8) is 0 Å². The van der Waals surface area contributed by atoms with Crippen LogP contribution in [0.5, 0.6) is 0 Å². The Hall–Kier alpha value is -0.0900. The van der Waals surface area contributed by atoms with Gasteiger partial charge in [0.2, 0.25) is 0 Å². The summed E-state index contributed by atoms with van der Waals surface area (Å²) in [6.07, 6.45) is 9.61. The molecular formula is C14H27NO2S. The summed E-state index contributed by atoms with van der Waals surface area (Å²) in [6.45, 7) is 0. The molecule has 0 radical (unpaired) electrons. The predicted octanol–water partition coefficient (Wildman–Crippen LogP) is 2.37. The predicted molar refractivity (Wildman–Crippen MR) is 75.4 cm³/mol. The van der Waals surface area contributed by atoms with Gasteiger partial charge in [-0.1, -0.05) is 25.7 Å². The fourth-order valence-corrected chi connectivity index (χ4v) is 5.87. The molecule has 2 rings (SSSR count). The van der Waals surface area contributed by atoms with Crippen molar-refractivity contribution in [2.75, 3.05) is 18.6 Å². The molecular weight excluding hydrogens is 246 g/mol. The molecule has 0 aliphatic heterocycles. The van der Waals surface area contributed by atoms with Gasteiger partial charge in [0.15, 0.2) is 9.84 Å². The minimum Gasteiger partial charge on any atom is -0.316 e. The molecule has 0 aromatic heterocycles. The molecule has 0 aromatic rings. The van der Waals surface area contributed by atoms with Gasteiger partial charge >= 0.3 is 0 Å². The van der Waals surface area contributed by atoms with Gasteiger partial charge in [-0.3, -0.25) is 0 Å². The summed E-state index contributed by atoms with van der Waals surface area (Å²) in [5, 5.41) is 3.25. The minimum atomic E-state index is -2.88. The van der Waals surface area contributed by atoms with Gasteiger partial charge in [0.25, 0.3) is 0 Å². The van der Waals surface area contributed by atoms with E-state index >= 15 is 0 Å². The highest BCUT2D eigenvalue weighted by atomic mass is 32.2. The molecule has 2 fully saturated rings. The monoisotopic (exact) mass is 273 g/mol. The Morgan fingerprint density at radius 2 is 1.61 bits per heavy atom. The molecule has 1 N–H and O–H groups in total. The number of sulfone groups is 1. The molecule has 1 unspecified atom stereocenters. The number of hydrogen-bond acceptors (Lipinski definition) is 3. The third-order valence-electron chi connectivity index (χ3n) is 4.74. The van der Waals surface area contributed by atoms with E-state index in [0.717, 1.165) is 12.8 Å². The molecule has 2 aliphatic carbocycles. The molecule has 0 amide bonds. The molecule has 2 saturated carbocycles. The second kappa shape index (κ2) is 6.38. The Bertz CT molecular complexity index is 341. The van der Waals surface area contributed by atoms with Crippen LogP contribution >= 0.6 is 0 Å². The van der Waals surface area contributed by atoms with Gasteiger partial charge in [-0.25, -0.2) is 8.42 Å². The van der Waals surface area contributed by atoms with E-state index in [4.69, 9.17) is 0 Å². The summed E-state index contributed by atoms with van der Waals surface area (Å²) >= 11 is 0. The lowest BCUT2D eigenvalue weighted by Gasteiger charge is -2.23. The van der Waals surface area contributed by atoms with Crippen LogP contribution in [0.2, 0.25) is 0 Å². The highest BCUT2D eigenvalue weighted by Gasteiger charge is 2.30. The van der Waals surface area contributed by atoms with Gasteiger partial charge in [-0.15, -0.1) is 0 Å². The van der Waals surface area contributed by atoms with E-state index < -0.39 is 9.84 Å². The summed E-state index contributed by atoms with van der Waals surface area (Å²) < 4.78 is 24.5. The van der Waals surface area contributed by atoms with Crippen LogP contribution in [-0.2, 0) is 9.84 Å². The number of rotatable bonds is 6. The Morgan fingerprint density at radius 3 is 2.17 bits per heavy atom. The first-order chi connectivity index (χ1) is 8.61. The summed E-state index contributed by atoms with van der Waals surface area (Å²) in [6, 6.07) is 0.180. The van der Waals surface area contributed by atoms with E-state index in [1.54, 1.807) is 0 Å². The van der Waals surface area contributed by atoms with Crippen LogP contribution in [-0.4, -0.2) is 33.0 Å². The summed E-state index contributed by atoms with van der Waals surface area (Å²) in [5.74, 6) is 1.80. The van der Waals surface area contributed by atoms with Crippen LogP contribution in [0.25, 0.3) is 0 Å². The average molecular weight is 273 g/mol. The van der Waals surface area contributed by atoms with Crippen LogP contribution < -0.4 is 5.32 Å². The molecule has 0 aromatic carbocycles. The lowest BCUT2D eigenvalue weighted by Crippen LogP contribution is -2.39. The maximum atomic E-state index is 12.3. The van der Waals surface area contributed by atoms with E-state index in [0.29, 0.717) is 23.3 Å². The maximum absolute atomic E-state index is 12.3. The Kier molecular flexibility index (Phi) is 5.07. The van der Waals surface area contributed by atoms with Crippen molar-refractivity contribution >= 4 is 9.84 Å². The largest absolute Gasteiger partial charge is 0.316 e. The second-order valence-electron chi connectivity index (χ2n) is 6.17. The highest BCUT2D eigenvalue weighted by Crippen LogP contribution is 2.30. The first-order valence-electron chi connectivity index (χ1n) is 7.48. The van der Waals surface area contributed by atoms with Gasteiger partial charge in [0.05, 0.1) is 11.5 Å². The normalized spacial score (nSPS) is 24.7. The summed E-state index contributed by atoms with van der Waals surface area (Å²) in [7, 11) is -0.965. The fraction of sp³-hybridized carbons (Fsp3) is 1.00. The van der Waals surface area contributed by atoms with E-state index in [1.165, 1.54) is 38.5 Å². The number of hydrogen-bond donors (Lipinski definition) is 1. The Labute approximate surface area is 112 Å². The van der Waals surface area contributed by atoms with Crippen molar-refractivity contribution < 1.29 is 8.42 Å². The van der Waals surface area contributed by atoms with Crippen LogP contribution in [0.15, 0.2) is 0 Å². The van der Waals surface area contributed by atoms with Gasteiger partial charge in [0, 0.05) is 6.04 Å². The van der Waals surface area contributed by atoms with Crippen LogP contribution in [0.3, 0.4) is 0 Å². The van der Waals surface area contributed by atoms with E-state index in [9.17, 15) is 8.42 Å². The van der Waals surface area contributed by atoms with Gasteiger partial charge in [-0.2, -0.15) is 0 Å². The third kappa shape index (κ3) is 3.95. The molecule has 0 bridgehead atoms. The summed E-state index contributed by atoms with van der Waals surface area (Å²) in [4.78, 5) is 0. The minimum absolute atomic E-state index is 0.180. The molecule has 0 heterocycles. The maximum Gasteiger partial charge on any atom is 0.152 e. The van der Waals surface area contributed by atoms with Crippen molar-refractivity contribution in [2.24, 2.45) is 11.8 Å². The van der Waals surface area contributed by atoms with Crippen molar-refractivity contribution in [2.45, 2.75) is 57.4 Å². The molecule has 3 nitrogen and oxygen atoms in total. The van der Waals surface area contributed by atoms with E-state index in [-0.39, 0.29) is 6.04 Å². The lowest BCUT2D eigenvalue weighted by molar-refractivity contribution is 0.403. The van der Waals surface area contributed by atoms with Crippen molar-refractivity contribution in [3.8, 4) is 0 Å². The zero-order chi connectivity index (χ0) is 13.0. The first-order valence-corrected chi connectivity index (χ1v) is 9.30. The molecule has 1 atom stereocenters. The van der Waals surface area contributed by atoms with Crippen molar-refractivity contribution in [1.29, 1.82) is 0 Å². The topological polar surface area (TPSA) is 46.2 Å². The van der Waals surface area contributed by atoms with Crippen LogP contribution in [0, 0.1) is 11.8 Å². The fourth-order valence-electron chi connectivity index (χ4n) is 3.69. The molecule has 18 heavy (non-hydrogen) atoms. The van der Waals surface area contributed by atoms with Crippen molar-refractivity contribution in [3.05, 3.63) is 0 Å². The van der Waals surface area contributed by atoms with Crippen molar-refractivity contribution in [1.82, 2.24) is 5.32 Å². The van der Waals surface area contributed by atoms with Gasteiger partial charge in [0.1, 0.15) is 0 Å². The SMILES string of the molecule is CNC(CS(=O)(=O)CC1CCCC1)C1CCCC1.